The lowest BCUT2D eigenvalue weighted by atomic mass is 10.1. The Bertz CT molecular complexity index is 992. The van der Waals surface area contributed by atoms with E-state index in [0.29, 0.717) is 29.2 Å². The topological polar surface area (TPSA) is 84.4 Å². The molecule has 0 aliphatic heterocycles. The molecule has 0 unspecified atom stereocenters. The Morgan fingerprint density at radius 2 is 1.83 bits per heavy atom. The third kappa shape index (κ3) is 5.16. The van der Waals surface area contributed by atoms with Crippen LogP contribution in [0.5, 0.6) is 0 Å². The Kier molecular flexibility index (Phi) is 6.52. The minimum atomic E-state index is -0.436. The Balaban J connectivity index is 1.71. The van der Waals surface area contributed by atoms with Gasteiger partial charge in [0.25, 0.3) is 5.91 Å². The molecule has 3 aromatic rings. The van der Waals surface area contributed by atoms with Crippen molar-refractivity contribution < 1.29 is 14.3 Å². The predicted molar refractivity (Wildman–Crippen MR) is 110 cm³/mol. The van der Waals surface area contributed by atoms with E-state index < -0.39 is 5.97 Å². The summed E-state index contributed by atoms with van der Waals surface area (Å²) in [5.41, 5.74) is 3.09. The number of ether oxygens (including phenoxy) is 1. The molecule has 0 spiro atoms. The lowest BCUT2D eigenvalue weighted by Crippen LogP contribution is -2.29. The van der Waals surface area contributed by atoms with Crippen molar-refractivity contribution in [1.29, 1.82) is 0 Å². The van der Waals surface area contributed by atoms with Crippen molar-refractivity contribution in [1.82, 2.24) is 14.9 Å². The van der Waals surface area contributed by atoms with Crippen molar-refractivity contribution in [3.63, 3.8) is 0 Å². The average molecular weight is 390 g/mol. The summed E-state index contributed by atoms with van der Waals surface area (Å²) in [5, 5.41) is 3.16. The van der Waals surface area contributed by atoms with Gasteiger partial charge in [0.05, 0.1) is 18.4 Å². The zero-order valence-corrected chi connectivity index (χ0v) is 16.3. The third-order valence-electron chi connectivity index (χ3n) is 4.42. The van der Waals surface area contributed by atoms with Crippen molar-refractivity contribution in [2.75, 3.05) is 26.0 Å². The van der Waals surface area contributed by atoms with E-state index in [1.165, 1.54) is 7.11 Å². The first-order valence-corrected chi connectivity index (χ1v) is 9.13. The second kappa shape index (κ2) is 9.45. The van der Waals surface area contributed by atoms with Crippen LogP contribution in [-0.4, -0.2) is 47.4 Å². The number of aromatic nitrogens is 2. The molecular formula is C22H22N4O3. The molecule has 0 saturated heterocycles. The molecule has 2 heterocycles. The van der Waals surface area contributed by atoms with Crippen LogP contribution in [0.1, 0.15) is 26.4 Å². The number of rotatable bonds is 7. The van der Waals surface area contributed by atoms with Gasteiger partial charge >= 0.3 is 5.97 Å². The number of amides is 1. The molecule has 0 saturated carbocycles. The van der Waals surface area contributed by atoms with E-state index in [9.17, 15) is 9.59 Å². The highest BCUT2D eigenvalue weighted by Crippen LogP contribution is 2.22. The SMILES string of the molecule is COC(=O)c1ccccc1Nc1ccnc(C(=O)N(C)CCc2ccncc2)c1. The van der Waals surface area contributed by atoms with E-state index in [-0.39, 0.29) is 5.91 Å². The molecule has 29 heavy (non-hydrogen) atoms. The summed E-state index contributed by atoms with van der Waals surface area (Å²) in [4.78, 5) is 34.5. The lowest BCUT2D eigenvalue weighted by molar-refractivity contribution is 0.0601. The number of hydrogen-bond acceptors (Lipinski definition) is 6. The number of methoxy groups -OCH3 is 1. The highest BCUT2D eigenvalue weighted by atomic mass is 16.5. The third-order valence-corrected chi connectivity index (χ3v) is 4.42. The molecular weight excluding hydrogens is 368 g/mol. The van der Waals surface area contributed by atoms with E-state index >= 15 is 0 Å². The van der Waals surface area contributed by atoms with Gasteiger partial charge in [0.2, 0.25) is 0 Å². The van der Waals surface area contributed by atoms with Crippen LogP contribution in [0.3, 0.4) is 0 Å². The van der Waals surface area contributed by atoms with Gasteiger partial charge in [-0.15, -0.1) is 0 Å². The number of nitrogens with one attached hydrogen (secondary N) is 1. The Morgan fingerprint density at radius 3 is 2.59 bits per heavy atom. The average Bonchev–Trinajstić information content (AvgIpc) is 2.77. The van der Waals surface area contributed by atoms with Crippen LogP contribution in [0.2, 0.25) is 0 Å². The van der Waals surface area contributed by atoms with Gasteiger partial charge in [-0.3, -0.25) is 14.8 Å². The normalized spacial score (nSPS) is 10.3. The van der Waals surface area contributed by atoms with Crippen LogP contribution >= 0.6 is 0 Å². The zero-order valence-electron chi connectivity index (χ0n) is 16.3. The maximum atomic E-state index is 12.7. The van der Waals surface area contributed by atoms with Gasteiger partial charge in [-0.2, -0.15) is 0 Å². The molecule has 148 valence electrons. The van der Waals surface area contributed by atoms with Gasteiger partial charge in [0.1, 0.15) is 5.69 Å². The van der Waals surface area contributed by atoms with E-state index in [0.717, 1.165) is 12.0 Å². The molecule has 3 rings (SSSR count). The predicted octanol–water partition coefficient (Wildman–Crippen LogP) is 3.32. The quantitative estimate of drug-likeness (QED) is 0.623. The van der Waals surface area contributed by atoms with Crippen LogP contribution < -0.4 is 5.32 Å². The Hall–Kier alpha value is -3.74. The first-order chi connectivity index (χ1) is 14.1. The molecule has 2 aromatic heterocycles. The van der Waals surface area contributed by atoms with Gasteiger partial charge in [0.15, 0.2) is 0 Å². The monoisotopic (exact) mass is 390 g/mol. The maximum Gasteiger partial charge on any atom is 0.339 e. The first kappa shape index (κ1) is 20.0. The molecule has 0 aliphatic rings. The second-order valence-corrected chi connectivity index (χ2v) is 6.42. The number of carbonyl (C=O) groups excluding carboxylic acids is 2. The van der Waals surface area contributed by atoms with Gasteiger partial charge in [-0.1, -0.05) is 12.1 Å². The van der Waals surface area contributed by atoms with Gasteiger partial charge in [-0.05, 0) is 48.4 Å². The van der Waals surface area contributed by atoms with E-state index in [4.69, 9.17) is 4.74 Å². The number of esters is 1. The molecule has 1 aromatic carbocycles. The van der Waals surface area contributed by atoms with Gasteiger partial charge in [-0.25, -0.2) is 4.79 Å². The molecule has 0 bridgehead atoms. The first-order valence-electron chi connectivity index (χ1n) is 9.13. The smallest absolute Gasteiger partial charge is 0.339 e. The number of nitrogens with zero attached hydrogens (tertiary/aromatic N) is 3. The fourth-order valence-corrected chi connectivity index (χ4v) is 2.80. The molecule has 7 heteroatoms. The fraction of sp³-hybridized carbons (Fsp3) is 0.182. The molecule has 0 atom stereocenters. The molecule has 1 amide bonds. The second-order valence-electron chi connectivity index (χ2n) is 6.42. The van der Waals surface area contributed by atoms with Crippen LogP contribution in [0.15, 0.2) is 67.1 Å². The van der Waals surface area contributed by atoms with Gasteiger partial charge in [0, 0.05) is 37.9 Å². The number of hydrogen-bond donors (Lipinski definition) is 1. The minimum Gasteiger partial charge on any atom is -0.465 e. The molecule has 7 nitrogen and oxygen atoms in total. The molecule has 0 fully saturated rings. The minimum absolute atomic E-state index is 0.177. The number of pyridine rings is 2. The Morgan fingerprint density at radius 1 is 1.07 bits per heavy atom. The summed E-state index contributed by atoms with van der Waals surface area (Å²) < 4.78 is 4.82. The van der Waals surface area contributed by atoms with Crippen LogP contribution in [0.25, 0.3) is 0 Å². The standard InChI is InChI=1S/C22H22N4O3/c1-26(14-10-16-7-11-23-12-8-16)21(27)20-15-17(9-13-24-20)25-19-6-4-3-5-18(19)22(28)29-2/h3-9,11-13,15H,10,14H2,1-2H3,(H,24,25). The number of likely N-dealkylation sites (N-methyl/N-ethyl adjacent to an activating group) is 1. The van der Waals surface area contributed by atoms with Crippen LogP contribution in [-0.2, 0) is 11.2 Å². The largest absolute Gasteiger partial charge is 0.465 e. The molecule has 0 aliphatic carbocycles. The van der Waals surface area contributed by atoms with Crippen molar-refractivity contribution in [3.8, 4) is 0 Å². The zero-order chi connectivity index (χ0) is 20.6. The molecule has 0 radical (unpaired) electrons. The lowest BCUT2D eigenvalue weighted by Gasteiger charge is -2.17. The molecule has 1 N–H and O–H groups in total. The number of para-hydroxylation sites is 1. The van der Waals surface area contributed by atoms with E-state index in [1.807, 2.05) is 18.2 Å². The highest BCUT2D eigenvalue weighted by molar-refractivity contribution is 5.97. The highest BCUT2D eigenvalue weighted by Gasteiger charge is 2.15. The summed E-state index contributed by atoms with van der Waals surface area (Å²) in [6, 6.07) is 14.3. The van der Waals surface area contributed by atoms with Crippen LogP contribution in [0.4, 0.5) is 11.4 Å². The van der Waals surface area contributed by atoms with Gasteiger partial charge < -0.3 is 15.0 Å². The van der Waals surface area contributed by atoms with Crippen molar-refractivity contribution >= 4 is 23.3 Å². The van der Waals surface area contributed by atoms with Crippen molar-refractivity contribution in [2.45, 2.75) is 6.42 Å². The summed E-state index contributed by atoms with van der Waals surface area (Å²) in [5.74, 6) is -0.613. The maximum absolute atomic E-state index is 12.7. The van der Waals surface area contributed by atoms with E-state index in [1.54, 1.807) is 60.9 Å². The van der Waals surface area contributed by atoms with E-state index in [2.05, 4.69) is 15.3 Å². The van der Waals surface area contributed by atoms with Crippen LogP contribution in [0, 0.1) is 0 Å². The fourth-order valence-electron chi connectivity index (χ4n) is 2.80. The Labute approximate surface area is 169 Å². The summed E-state index contributed by atoms with van der Waals surface area (Å²) in [7, 11) is 3.09. The van der Waals surface area contributed by atoms with Crippen molar-refractivity contribution in [2.24, 2.45) is 0 Å². The number of benzene rings is 1. The summed E-state index contributed by atoms with van der Waals surface area (Å²) in [6.45, 7) is 0.563. The summed E-state index contributed by atoms with van der Waals surface area (Å²) >= 11 is 0. The van der Waals surface area contributed by atoms with Crippen molar-refractivity contribution in [3.05, 3.63) is 83.9 Å². The number of carbonyl (C=O) groups is 2. The number of anilines is 2. The summed E-state index contributed by atoms with van der Waals surface area (Å²) in [6.07, 6.45) is 5.77.